The highest BCUT2D eigenvalue weighted by Crippen LogP contribution is 2.44. The van der Waals surface area contributed by atoms with Gasteiger partial charge in [0, 0.05) is 49.0 Å². The first-order valence-electron chi connectivity index (χ1n) is 9.62. The van der Waals surface area contributed by atoms with Crippen LogP contribution in [-0.2, 0) is 4.79 Å². The summed E-state index contributed by atoms with van der Waals surface area (Å²) in [7, 11) is 0. The Hall–Kier alpha value is -1.69. The lowest BCUT2D eigenvalue weighted by atomic mass is 9.75. The number of nitrogens with zero attached hydrogens (tertiary/aromatic N) is 4. The number of hydrogen-bond donors (Lipinski definition) is 1. The lowest BCUT2D eigenvalue weighted by molar-refractivity contribution is -0.123. The van der Waals surface area contributed by atoms with Crippen LogP contribution < -0.4 is 10.2 Å². The number of nitrogens with one attached hydrogen (secondary N) is 1. The number of aromatic nitrogens is 2. The van der Waals surface area contributed by atoms with Crippen LogP contribution in [-0.4, -0.2) is 59.0 Å². The van der Waals surface area contributed by atoms with E-state index in [0.29, 0.717) is 5.92 Å². The van der Waals surface area contributed by atoms with Crippen molar-refractivity contribution < 1.29 is 4.79 Å². The zero-order valence-electron chi connectivity index (χ0n) is 15.6. The molecule has 2 atom stereocenters. The number of piperidine rings is 1. The van der Waals surface area contributed by atoms with E-state index in [2.05, 4.69) is 32.0 Å². The van der Waals surface area contributed by atoms with Crippen LogP contribution in [0.4, 0.5) is 5.95 Å². The predicted octanol–water partition coefficient (Wildman–Crippen LogP) is 1.52. The van der Waals surface area contributed by atoms with Crippen molar-refractivity contribution in [3.05, 3.63) is 17.5 Å². The minimum absolute atomic E-state index is 0.0143. The van der Waals surface area contributed by atoms with Gasteiger partial charge < -0.3 is 15.1 Å². The second-order valence-electron chi connectivity index (χ2n) is 8.06. The maximum atomic E-state index is 12.5. The number of carbonyl (C=O) groups excluding carboxylic acids is 1. The maximum Gasteiger partial charge on any atom is 0.225 e. The van der Waals surface area contributed by atoms with Crippen LogP contribution in [0.2, 0.25) is 0 Å². The Morgan fingerprint density at radius 1 is 1.20 bits per heavy atom. The van der Waals surface area contributed by atoms with E-state index in [1.807, 2.05) is 19.9 Å². The topological polar surface area (TPSA) is 61.4 Å². The Morgan fingerprint density at radius 3 is 2.52 bits per heavy atom. The van der Waals surface area contributed by atoms with Crippen LogP contribution in [0.3, 0.4) is 0 Å². The molecule has 0 aliphatic carbocycles. The van der Waals surface area contributed by atoms with Gasteiger partial charge in [-0.1, -0.05) is 6.92 Å². The van der Waals surface area contributed by atoms with E-state index in [0.717, 1.165) is 69.3 Å². The Kier molecular flexibility index (Phi) is 4.18. The van der Waals surface area contributed by atoms with E-state index in [4.69, 9.17) is 0 Å². The molecule has 3 saturated heterocycles. The molecule has 4 heterocycles. The van der Waals surface area contributed by atoms with Gasteiger partial charge in [-0.3, -0.25) is 4.79 Å². The minimum atomic E-state index is -0.0143. The first kappa shape index (κ1) is 16.8. The molecule has 6 nitrogen and oxygen atoms in total. The highest BCUT2D eigenvalue weighted by atomic mass is 16.2. The minimum Gasteiger partial charge on any atom is -0.350 e. The van der Waals surface area contributed by atoms with E-state index >= 15 is 0 Å². The number of aryl methyl sites for hydroxylation is 2. The quantitative estimate of drug-likeness (QED) is 0.902. The van der Waals surface area contributed by atoms with Crippen molar-refractivity contribution in [3.8, 4) is 0 Å². The van der Waals surface area contributed by atoms with Gasteiger partial charge >= 0.3 is 0 Å². The fraction of sp³-hybridized carbons (Fsp3) is 0.737. The summed E-state index contributed by atoms with van der Waals surface area (Å²) in [5.74, 6) is 1.77. The summed E-state index contributed by atoms with van der Waals surface area (Å²) in [6.45, 7) is 11.2. The molecule has 0 saturated carbocycles. The largest absolute Gasteiger partial charge is 0.350 e. The molecule has 25 heavy (non-hydrogen) atoms. The van der Waals surface area contributed by atoms with Crippen molar-refractivity contribution in [1.82, 2.24) is 20.2 Å². The molecule has 1 amide bonds. The van der Waals surface area contributed by atoms with Crippen molar-refractivity contribution in [3.63, 3.8) is 0 Å². The van der Waals surface area contributed by atoms with Crippen LogP contribution in [0.15, 0.2) is 6.07 Å². The van der Waals surface area contributed by atoms with Crippen molar-refractivity contribution >= 4 is 11.9 Å². The molecule has 3 fully saturated rings. The van der Waals surface area contributed by atoms with Crippen LogP contribution in [0, 0.1) is 25.7 Å². The fourth-order valence-corrected chi connectivity index (χ4v) is 5.09. The molecule has 1 N–H and O–H groups in total. The van der Waals surface area contributed by atoms with Gasteiger partial charge in [-0.05, 0) is 45.7 Å². The van der Waals surface area contributed by atoms with E-state index < -0.39 is 0 Å². The van der Waals surface area contributed by atoms with Gasteiger partial charge in [0.1, 0.15) is 0 Å². The molecule has 0 unspecified atom stereocenters. The summed E-state index contributed by atoms with van der Waals surface area (Å²) >= 11 is 0. The molecule has 6 heteroatoms. The molecule has 1 aromatic heterocycles. The van der Waals surface area contributed by atoms with Crippen LogP contribution >= 0.6 is 0 Å². The van der Waals surface area contributed by atoms with Gasteiger partial charge in [0.2, 0.25) is 11.9 Å². The number of carbonyl (C=O) groups is 1. The standard InChI is InChI=1S/C19H29N5O/c1-4-7-23-11-15-16(12-23)19(22-17(15)25)5-8-24(9-6-19)18-20-13(2)10-14(3)21-18/h10,15-16H,4-9,11-12H2,1-3H3,(H,22,25)/t15-,16+/m1/s1. The molecule has 3 aliphatic rings. The second-order valence-corrected chi connectivity index (χ2v) is 8.06. The molecule has 0 radical (unpaired) electrons. The maximum absolute atomic E-state index is 12.5. The average Bonchev–Trinajstić information content (AvgIpc) is 3.08. The number of rotatable bonds is 3. The molecule has 1 aromatic rings. The first-order chi connectivity index (χ1) is 12.0. The molecule has 4 rings (SSSR count). The van der Waals surface area contributed by atoms with E-state index in [1.54, 1.807) is 0 Å². The Balaban J connectivity index is 1.48. The van der Waals surface area contributed by atoms with Crippen molar-refractivity contribution in [2.24, 2.45) is 11.8 Å². The van der Waals surface area contributed by atoms with Crippen molar-refractivity contribution in [2.75, 3.05) is 37.6 Å². The third-order valence-electron chi connectivity index (χ3n) is 6.26. The van der Waals surface area contributed by atoms with Crippen LogP contribution in [0.25, 0.3) is 0 Å². The summed E-state index contributed by atoms with van der Waals surface area (Å²) in [6, 6.07) is 2.01. The lowest BCUT2D eigenvalue weighted by Gasteiger charge is -2.42. The third-order valence-corrected chi connectivity index (χ3v) is 6.26. The zero-order valence-corrected chi connectivity index (χ0v) is 15.6. The predicted molar refractivity (Wildman–Crippen MR) is 97.5 cm³/mol. The van der Waals surface area contributed by atoms with Crippen molar-refractivity contribution in [2.45, 2.75) is 45.6 Å². The molecule has 3 aliphatic heterocycles. The third kappa shape index (κ3) is 2.90. The van der Waals surface area contributed by atoms with E-state index in [1.165, 1.54) is 0 Å². The van der Waals surface area contributed by atoms with Crippen molar-refractivity contribution in [1.29, 1.82) is 0 Å². The Bertz CT molecular complexity index is 648. The molecule has 1 spiro atoms. The highest BCUT2D eigenvalue weighted by Gasteiger charge is 2.57. The number of amides is 1. The summed E-state index contributed by atoms with van der Waals surface area (Å²) in [5.41, 5.74) is 2.02. The molecule has 0 bridgehead atoms. The molecule has 0 aromatic carbocycles. The van der Waals surface area contributed by atoms with E-state index in [-0.39, 0.29) is 17.4 Å². The summed E-state index contributed by atoms with van der Waals surface area (Å²) < 4.78 is 0. The van der Waals surface area contributed by atoms with Gasteiger partial charge in [0.15, 0.2) is 0 Å². The number of hydrogen-bond acceptors (Lipinski definition) is 5. The Labute approximate surface area is 150 Å². The van der Waals surface area contributed by atoms with Gasteiger partial charge in [0.05, 0.1) is 5.92 Å². The first-order valence-corrected chi connectivity index (χ1v) is 9.62. The summed E-state index contributed by atoms with van der Waals surface area (Å²) in [5, 5.41) is 3.40. The summed E-state index contributed by atoms with van der Waals surface area (Å²) in [6.07, 6.45) is 3.15. The molecular weight excluding hydrogens is 314 g/mol. The molecule has 136 valence electrons. The highest BCUT2D eigenvalue weighted by molar-refractivity contribution is 5.83. The number of fused-ring (bicyclic) bond motifs is 2. The van der Waals surface area contributed by atoms with Gasteiger partial charge in [0.25, 0.3) is 0 Å². The normalized spacial score (nSPS) is 28.4. The van der Waals surface area contributed by atoms with Crippen LogP contribution in [0.1, 0.15) is 37.6 Å². The fourth-order valence-electron chi connectivity index (χ4n) is 5.09. The molecular formula is C19H29N5O. The van der Waals surface area contributed by atoms with Gasteiger partial charge in [-0.25, -0.2) is 9.97 Å². The Morgan fingerprint density at radius 2 is 1.88 bits per heavy atom. The average molecular weight is 343 g/mol. The zero-order chi connectivity index (χ0) is 17.6. The van der Waals surface area contributed by atoms with Gasteiger partial charge in [-0.15, -0.1) is 0 Å². The van der Waals surface area contributed by atoms with Crippen LogP contribution in [0.5, 0.6) is 0 Å². The number of likely N-dealkylation sites (tertiary alicyclic amines) is 1. The van der Waals surface area contributed by atoms with E-state index in [9.17, 15) is 4.79 Å². The van der Waals surface area contributed by atoms with Gasteiger partial charge in [-0.2, -0.15) is 0 Å². The monoisotopic (exact) mass is 343 g/mol. The second kappa shape index (κ2) is 6.24. The SMILES string of the molecule is CCCN1C[C@H]2C(=O)NC3(CCN(c4nc(C)cc(C)n4)CC3)[C@H]2C1. The number of anilines is 1. The lowest BCUT2D eigenvalue weighted by Crippen LogP contribution is -2.55. The summed E-state index contributed by atoms with van der Waals surface area (Å²) in [4.78, 5) is 26.5. The smallest absolute Gasteiger partial charge is 0.225 e.